The van der Waals surface area contributed by atoms with Crippen molar-refractivity contribution in [1.82, 2.24) is 29.5 Å². The van der Waals surface area contributed by atoms with E-state index in [4.69, 9.17) is 4.98 Å². The Kier molecular flexibility index (Phi) is 5.26. The van der Waals surface area contributed by atoms with Gasteiger partial charge in [-0.05, 0) is 36.8 Å². The lowest BCUT2D eigenvalue weighted by molar-refractivity contribution is 0.564. The molecule has 0 saturated heterocycles. The Bertz CT molecular complexity index is 1520. The number of pyridine rings is 1. The van der Waals surface area contributed by atoms with E-state index in [0.717, 1.165) is 11.1 Å². The Labute approximate surface area is 189 Å². The zero-order chi connectivity index (χ0) is 22.9. The number of aromatic nitrogens is 6. The summed E-state index contributed by atoms with van der Waals surface area (Å²) in [5, 5.41) is 8.91. The van der Waals surface area contributed by atoms with Crippen LogP contribution >= 0.6 is 0 Å². The molecule has 0 amide bonds. The first-order chi connectivity index (χ1) is 16.1. The third-order valence-electron chi connectivity index (χ3n) is 5.67. The quantitative estimate of drug-likeness (QED) is 0.385. The fourth-order valence-corrected chi connectivity index (χ4v) is 3.97. The summed E-state index contributed by atoms with van der Waals surface area (Å²) in [7, 11) is 0. The topological polar surface area (TPSA) is 78.5 Å². The van der Waals surface area contributed by atoms with Crippen LogP contribution in [0.3, 0.4) is 0 Å². The molecule has 0 aliphatic carbocycles. The van der Waals surface area contributed by atoms with Gasteiger partial charge in [-0.25, -0.2) is 14.6 Å². The lowest BCUT2D eigenvalue weighted by Crippen LogP contribution is -2.25. The van der Waals surface area contributed by atoms with Crippen molar-refractivity contribution in [2.45, 2.75) is 26.8 Å². The Balaban J connectivity index is 1.59. The fraction of sp³-hybridized carbons (Fsp3) is 0.160. The first-order valence-corrected chi connectivity index (χ1v) is 10.7. The number of hydrogen-bond donors (Lipinski definition) is 0. The minimum Gasteiger partial charge on any atom is -0.292 e. The van der Waals surface area contributed by atoms with Crippen molar-refractivity contribution >= 4 is 10.9 Å². The predicted molar refractivity (Wildman–Crippen MR) is 124 cm³/mol. The monoisotopic (exact) mass is 440 g/mol. The summed E-state index contributed by atoms with van der Waals surface area (Å²) in [4.78, 5) is 21.8. The number of halogens is 1. The Hall–Kier alpha value is -4.20. The smallest absolute Gasteiger partial charge is 0.261 e. The van der Waals surface area contributed by atoms with E-state index in [2.05, 4.69) is 15.3 Å². The highest BCUT2D eigenvalue weighted by molar-refractivity contribution is 5.83. The van der Waals surface area contributed by atoms with E-state index in [1.165, 1.54) is 10.9 Å². The van der Waals surface area contributed by atoms with Gasteiger partial charge >= 0.3 is 0 Å². The summed E-state index contributed by atoms with van der Waals surface area (Å²) in [5.74, 6) is 0.0927. The molecule has 2 aromatic carbocycles. The summed E-state index contributed by atoms with van der Waals surface area (Å²) >= 11 is 0. The molecule has 0 N–H and O–H groups in total. The standard InChI is InChI=1S/C25H21FN6O/c1-3-22-28-20-14-18(23-16(2)32(30-29-23)21-10-7-13-27-24(21)26)11-12-19(20)25(33)31(22)15-17-8-5-4-6-9-17/h4-14H,3,15H2,1-2H3. The number of aryl methyl sites for hydroxylation is 1. The van der Waals surface area contributed by atoms with Gasteiger partial charge in [0.25, 0.3) is 5.56 Å². The van der Waals surface area contributed by atoms with Crippen molar-refractivity contribution in [2.24, 2.45) is 0 Å². The Morgan fingerprint density at radius 3 is 2.61 bits per heavy atom. The lowest BCUT2D eigenvalue weighted by atomic mass is 10.1. The SMILES string of the molecule is CCc1nc2cc(-c3nnn(-c4cccnc4F)c3C)ccc2c(=O)n1Cc1ccccc1. The summed E-state index contributed by atoms with van der Waals surface area (Å²) in [6.07, 6.45) is 2.01. The molecule has 33 heavy (non-hydrogen) atoms. The lowest BCUT2D eigenvalue weighted by Gasteiger charge is -2.13. The van der Waals surface area contributed by atoms with Gasteiger partial charge in [0, 0.05) is 18.2 Å². The molecule has 0 radical (unpaired) electrons. The second-order valence-corrected chi connectivity index (χ2v) is 7.74. The minimum atomic E-state index is -0.621. The number of hydrogen-bond acceptors (Lipinski definition) is 5. The second kappa shape index (κ2) is 8.38. The maximum Gasteiger partial charge on any atom is 0.261 e. The summed E-state index contributed by atoms with van der Waals surface area (Å²) in [6.45, 7) is 4.27. The highest BCUT2D eigenvalue weighted by atomic mass is 19.1. The summed E-state index contributed by atoms with van der Waals surface area (Å²) in [6, 6.07) is 18.5. The van der Waals surface area contributed by atoms with E-state index >= 15 is 0 Å². The van der Waals surface area contributed by atoms with Crippen LogP contribution in [0.4, 0.5) is 4.39 Å². The molecule has 0 bridgehead atoms. The molecule has 0 aliphatic heterocycles. The van der Waals surface area contributed by atoms with Crippen LogP contribution in [0.15, 0.2) is 71.7 Å². The molecular formula is C25H21FN6O. The predicted octanol–water partition coefficient (Wildman–Crippen LogP) is 4.10. The Morgan fingerprint density at radius 1 is 1.03 bits per heavy atom. The highest BCUT2D eigenvalue weighted by Gasteiger charge is 2.17. The molecule has 8 heteroatoms. The molecule has 0 atom stereocenters. The Morgan fingerprint density at radius 2 is 1.85 bits per heavy atom. The number of benzene rings is 2. The number of nitrogens with zero attached hydrogens (tertiary/aromatic N) is 6. The molecule has 0 aliphatic rings. The van der Waals surface area contributed by atoms with Crippen LogP contribution in [-0.2, 0) is 13.0 Å². The van der Waals surface area contributed by atoms with Crippen LogP contribution in [0.25, 0.3) is 27.8 Å². The molecule has 0 spiro atoms. The largest absolute Gasteiger partial charge is 0.292 e. The van der Waals surface area contributed by atoms with Crippen molar-refractivity contribution in [2.75, 3.05) is 0 Å². The highest BCUT2D eigenvalue weighted by Crippen LogP contribution is 2.25. The van der Waals surface area contributed by atoms with Crippen LogP contribution in [0.1, 0.15) is 24.0 Å². The van der Waals surface area contributed by atoms with Crippen LogP contribution in [0.2, 0.25) is 0 Å². The van der Waals surface area contributed by atoms with Crippen molar-refractivity contribution in [3.8, 4) is 16.9 Å². The third kappa shape index (κ3) is 3.69. The van der Waals surface area contributed by atoms with E-state index in [-0.39, 0.29) is 11.2 Å². The molecule has 164 valence electrons. The first-order valence-electron chi connectivity index (χ1n) is 10.7. The van der Waals surface area contributed by atoms with Gasteiger partial charge in [-0.1, -0.05) is 48.5 Å². The fourth-order valence-electron chi connectivity index (χ4n) is 3.97. The molecule has 5 aromatic rings. The van der Waals surface area contributed by atoms with Crippen LogP contribution in [0.5, 0.6) is 0 Å². The van der Waals surface area contributed by atoms with Gasteiger partial charge < -0.3 is 0 Å². The van der Waals surface area contributed by atoms with E-state index in [9.17, 15) is 9.18 Å². The zero-order valence-electron chi connectivity index (χ0n) is 18.2. The number of rotatable bonds is 5. The van der Waals surface area contributed by atoms with Crippen molar-refractivity contribution in [1.29, 1.82) is 0 Å². The van der Waals surface area contributed by atoms with Crippen molar-refractivity contribution < 1.29 is 4.39 Å². The van der Waals surface area contributed by atoms with E-state index < -0.39 is 5.95 Å². The van der Waals surface area contributed by atoms with Gasteiger partial charge in [0.1, 0.15) is 17.2 Å². The van der Waals surface area contributed by atoms with Crippen LogP contribution in [-0.4, -0.2) is 29.5 Å². The first kappa shape index (κ1) is 20.7. The molecule has 3 aromatic heterocycles. The van der Waals surface area contributed by atoms with Gasteiger partial charge in [0.05, 0.1) is 23.1 Å². The second-order valence-electron chi connectivity index (χ2n) is 7.74. The molecule has 7 nitrogen and oxygen atoms in total. The van der Waals surface area contributed by atoms with E-state index in [1.807, 2.05) is 56.3 Å². The van der Waals surface area contributed by atoms with Crippen LogP contribution in [0, 0.1) is 12.9 Å². The van der Waals surface area contributed by atoms with E-state index in [1.54, 1.807) is 22.8 Å². The van der Waals surface area contributed by atoms with E-state index in [0.29, 0.717) is 41.1 Å². The van der Waals surface area contributed by atoms with Crippen molar-refractivity contribution in [3.05, 3.63) is 100 Å². The average Bonchev–Trinajstić information content (AvgIpc) is 3.22. The van der Waals surface area contributed by atoms with Crippen molar-refractivity contribution in [3.63, 3.8) is 0 Å². The number of fused-ring (bicyclic) bond motifs is 1. The van der Waals surface area contributed by atoms with Gasteiger partial charge in [-0.3, -0.25) is 9.36 Å². The molecular weight excluding hydrogens is 419 g/mol. The summed E-state index contributed by atoms with van der Waals surface area (Å²) < 4.78 is 17.3. The summed E-state index contributed by atoms with van der Waals surface area (Å²) in [5.41, 5.74) is 3.80. The van der Waals surface area contributed by atoms with Gasteiger partial charge in [0.2, 0.25) is 5.95 Å². The minimum absolute atomic E-state index is 0.0786. The van der Waals surface area contributed by atoms with Gasteiger partial charge in [0.15, 0.2) is 0 Å². The molecule has 0 fully saturated rings. The van der Waals surface area contributed by atoms with Gasteiger partial charge in [-0.2, -0.15) is 4.39 Å². The maximum absolute atomic E-state index is 14.2. The average molecular weight is 440 g/mol. The molecule has 3 heterocycles. The zero-order valence-corrected chi connectivity index (χ0v) is 18.2. The molecule has 0 unspecified atom stereocenters. The van der Waals surface area contributed by atoms with Crippen LogP contribution < -0.4 is 5.56 Å². The maximum atomic E-state index is 14.2. The normalized spacial score (nSPS) is 11.2. The molecule has 0 saturated carbocycles. The van der Waals surface area contributed by atoms with Gasteiger partial charge in [-0.15, -0.1) is 5.10 Å². The molecule has 5 rings (SSSR count). The third-order valence-corrected chi connectivity index (χ3v) is 5.67.